The number of anilines is 8. The molecule has 4 aliphatic heterocycles. The van der Waals surface area contributed by atoms with Gasteiger partial charge in [-0.15, -0.1) is 0 Å². The van der Waals surface area contributed by atoms with Crippen LogP contribution >= 0.6 is 0 Å². The first-order valence-electron chi connectivity index (χ1n) is 39.8. The average Bonchev–Trinajstić information content (AvgIpc) is 1.62. The van der Waals surface area contributed by atoms with Crippen molar-refractivity contribution in [3.8, 4) is 68.5 Å². The number of carbonyl (C=O) groups excluding carboxylic acids is 16. The first-order chi connectivity index (χ1) is 62.2. The van der Waals surface area contributed by atoms with Crippen molar-refractivity contribution in [2.45, 2.75) is 120 Å². The van der Waals surface area contributed by atoms with Gasteiger partial charge in [0.2, 0.25) is 23.6 Å². The van der Waals surface area contributed by atoms with Gasteiger partial charge in [0.1, 0.15) is 69.0 Å². The number of primary amides is 4. The van der Waals surface area contributed by atoms with Gasteiger partial charge in [0.25, 0.3) is 23.6 Å². The number of phenolic OH excluding ortho intramolecular Hbond substituents is 4. The molecule has 660 valence electrons. The number of unbranched alkanes of at least 4 members (excludes halogenated alkanes) is 1. The SMILES string of the molecule is CCCCc1cccc(N2C(=O)Cc3c(C(N)=O)nc(-c4ccc(C)c(O)c4)nc32)c1.CCCc1cccc(N2C(=O)Cc3c(C(N)=O)nc(-c4ccc(C)c(O)c4)nc32)c1.CCc1cccc(N2C(=O)Cc3c(C(N)=O)nc(-c4ccc(C)c(O)c4)nc32)c1.Cc1cccc(N2C(=O)Cc3c(C(N)=O)nc(-c4ccc(C)c(O)c4)nc32)c1.O=C=O.O=C=O.O=C=O.O=C=O. The number of phenols is 4. The Kier molecular flexibility index (Phi) is 32.4. The van der Waals surface area contributed by atoms with Gasteiger partial charge in [-0.3, -0.25) is 58.0 Å². The number of carbonyl (C=O) groups is 8. The first kappa shape index (κ1) is 96.4. The quantitative estimate of drug-likeness (QED) is 0.0395. The third-order valence-corrected chi connectivity index (χ3v) is 20.4. The summed E-state index contributed by atoms with van der Waals surface area (Å²) in [5.74, 6) is -1.02. The summed E-state index contributed by atoms with van der Waals surface area (Å²) in [5.41, 5.74) is 36.0. The van der Waals surface area contributed by atoms with Crippen LogP contribution in [0.4, 0.5) is 46.0 Å². The van der Waals surface area contributed by atoms with Crippen molar-refractivity contribution in [2.75, 3.05) is 19.6 Å². The second-order valence-electron chi connectivity index (χ2n) is 29.3. The number of aryl methyl sites for hydroxylation is 8. The molecule has 0 aliphatic carbocycles. The summed E-state index contributed by atoms with van der Waals surface area (Å²) in [7, 11) is 0. The maximum atomic E-state index is 12.9. The number of fused-ring (bicyclic) bond motifs is 4. The molecule has 8 aromatic carbocycles. The van der Waals surface area contributed by atoms with Crippen LogP contribution in [-0.2, 0) is 102 Å². The molecule has 36 nitrogen and oxygen atoms in total. The second-order valence-corrected chi connectivity index (χ2v) is 29.3. The zero-order valence-corrected chi connectivity index (χ0v) is 71.2. The minimum absolute atomic E-state index is 0.000969. The molecule has 0 saturated carbocycles. The Hall–Kier alpha value is -17.4. The number of benzene rings is 8. The molecular weight excluding hydrogens is 1670 g/mol. The van der Waals surface area contributed by atoms with Gasteiger partial charge < -0.3 is 43.4 Å². The van der Waals surface area contributed by atoms with Gasteiger partial charge in [-0.2, -0.15) is 38.4 Å². The molecule has 12 aromatic rings. The van der Waals surface area contributed by atoms with Gasteiger partial charge in [-0.1, -0.05) is 131 Å². The molecule has 0 radical (unpaired) electrons. The van der Waals surface area contributed by atoms with E-state index in [1.807, 2.05) is 111 Å². The van der Waals surface area contributed by atoms with Crippen LogP contribution in [0.3, 0.4) is 0 Å². The van der Waals surface area contributed by atoms with Crippen LogP contribution in [-0.4, -0.2) is 132 Å². The molecule has 0 atom stereocenters. The van der Waals surface area contributed by atoms with Crippen LogP contribution in [0.2, 0.25) is 0 Å². The van der Waals surface area contributed by atoms with Gasteiger partial charge in [0, 0.05) is 44.5 Å². The predicted octanol–water partition coefficient (Wildman–Crippen LogP) is 10.7. The Balaban J connectivity index is 0.000000187. The van der Waals surface area contributed by atoms with E-state index in [2.05, 4.69) is 53.7 Å². The van der Waals surface area contributed by atoms with Crippen LogP contribution in [0.15, 0.2) is 170 Å². The monoisotopic (exact) mass is 1760 g/mol. The lowest BCUT2D eigenvalue weighted by Gasteiger charge is -2.18. The highest BCUT2D eigenvalue weighted by Gasteiger charge is 2.40. The Bertz CT molecular complexity index is 6550. The predicted molar refractivity (Wildman–Crippen MR) is 465 cm³/mol. The van der Waals surface area contributed by atoms with Crippen molar-refractivity contribution in [1.29, 1.82) is 0 Å². The molecule has 8 amide bonds. The molecule has 0 spiro atoms. The van der Waals surface area contributed by atoms with Gasteiger partial charge in [0.05, 0.1) is 48.4 Å². The highest BCUT2D eigenvalue weighted by Crippen LogP contribution is 2.43. The van der Waals surface area contributed by atoms with Gasteiger partial charge in [-0.25, -0.2) is 39.9 Å². The smallest absolute Gasteiger partial charge is 0.373 e. The van der Waals surface area contributed by atoms with E-state index in [1.54, 1.807) is 76.2 Å². The summed E-state index contributed by atoms with van der Waals surface area (Å²) in [5, 5.41) is 40.2. The number of hydrogen-bond donors (Lipinski definition) is 8. The van der Waals surface area contributed by atoms with E-state index < -0.39 is 23.6 Å². The van der Waals surface area contributed by atoms with Crippen molar-refractivity contribution in [3.63, 3.8) is 0 Å². The zero-order chi connectivity index (χ0) is 95.1. The van der Waals surface area contributed by atoms with Gasteiger partial charge in [0.15, 0.2) is 23.3 Å². The normalized spacial score (nSPS) is 11.9. The third-order valence-electron chi connectivity index (χ3n) is 20.4. The van der Waals surface area contributed by atoms with E-state index >= 15 is 0 Å². The van der Waals surface area contributed by atoms with E-state index in [1.165, 1.54) is 43.9 Å². The van der Waals surface area contributed by atoms with Crippen LogP contribution in [0.1, 0.15) is 149 Å². The summed E-state index contributed by atoms with van der Waals surface area (Å²) in [6, 6.07) is 50.7. The Morgan fingerprint density at radius 2 is 0.569 bits per heavy atom. The van der Waals surface area contributed by atoms with E-state index in [0.29, 0.717) is 113 Å². The van der Waals surface area contributed by atoms with Crippen LogP contribution in [0.5, 0.6) is 23.0 Å². The van der Waals surface area contributed by atoms with E-state index in [-0.39, 0.29) is 143 Å². The van der Waals surface area contributed by atoms with Gasteiger partial charge in [-0.05, 0) is 178 Å². The fraction of sp³-hybridized carbons (Fsp3) is 0.191. The lowest BCUT2D eigenvalue weighted by Crippen LogP contribution is -2.22. The molecule has 0 unspecified atom stereocenters. The lowest BCUT2D eigenvalue weighted by molar-refractivity contribution is -0.193. The highest BCUT2D eigenvalue weighted by atomic mass is 16.3. The van der Waals surface area contributed by atoms with Crippen molar-refractivity contribution in [1.82, 2.24) is 39.9 Å². The minimum atomic E-state index is -0.727. The van der Waals surface area contributed by atoms with Gasteiger partial charge >= 0.3 is 24.6 Å². The fourth-order valence-corrected chi connectivity index (χ4v) is 14.1. The van der Waals surface area contributed by atoms with Crippen molar-refractivity contribution >= 4 is 118 Å². The van der Waals surface area contributed by atoms with E-state index in [4.69, 9.17) is 61.3 Å². The topological polar surface area (TPSA) is 574 Å². The van der Waals surface area contributed by atoms with Crippen LogP contribution < -0.4 is 42.5 Å². The molecule has 130 heavy (non-hydrogen) atoms. The molecule has 16 rings (SSSR count). The Morgan fingerprint density at radius 3 is 0.808 bits per heavy atom. The fourth-order valence-electron chi connectivity index (χ4n) is 14.1. The summed E-state index contributed by atoms with van der Waals surface area (Å²) < 4.78 is 0. The van der Waals surface area contributed by atoms with E-state index in [0.717, 1.165) is 60.8 Å². The molecule has 12 N–H and O–H groups in total. The number of nitrogens with zero attached hydrogens (tertiary/aromatic N) is 12. The number of aromatic nitrogens is 8. The van der Waals surface area contributed by atoms with Crippen molar-refractivity contribution < 1.29 is 97.1 Å². The average molecular weight is 1760 g/mol. The molecular formula is C94H84N16O20. The molecule has 0 bridgehead atoms. The minimum Gasteiger partial charge on any atom is -0.508 e. The summed E-state index contributed by atoms with van der Waals surface area (Å²) in [6.45, 7) is 15.3. The second kappa shape index (κ2) is 43.7. The first-order valence-corrected chi connectivity index (χ1v) is 39.8. The van der Waals surface area contributed by atoms with Crippen LogP contribution in [0, 0.1) is 34.6 Å². The van der Waals surface area contributed by atoms with E-state index in [9.17, 15) is 58.8 Å². The molecule has 4 aliphatic rings. The summed E-state index contributed by atoms with van der Waals surface area (Å²) >= 11 is 0. The number of hydrogen-bond acceptors (Lipinski definition) is 28. The molecule has 4 aromatic heterocycles. The Morgan fingerprint density at radius 1 is 0.323 bits per heavy atom. The lowest BCUT2D eigenvalue weighted by atomic mass is 10.1. The number of aromatic hydroxyl groups is 4. The molecule has 8 heterocycles. The standard InChI is InChI=1S/C24H24N4O3.C23H22N4O3.C22H20N4O3.C21H18N4O3.4CO2/c1-3-4-6-15-7-5-8-17(11-15)28-20(30)13-18-21(22(25)31)26-23(27-24(18)28)16-10-9-14(2)19(29)12-16;1-3-5-14-6-4-7-16(10-14)27-19(29)12-17-20(21(24)30)25-22(26-23(17)27)15-9-8-13(2)18(28)11-15;1-3-13-5-4-6-15(9-13)26-18(28)11-16-19(20(23)29)24-21(25-22(16)26)14-8-7-12(2)17(27)10-14;1-11-4-3-5-14(8-11)25-17(27)10-15-18(19(22)28)23-20(24-21(15)25)13-7-6-12(2)16(26)9-13;4*2-1-3/h5,7-12,29H,3-4,6,13H2,1-2H3,(H2,25,31);4,6-11,28H,3,5,12H2,1-2H3,(H2,24,30);4-10,27H,3,11H2,1-2H3,(H2,23,29);3-9,26H,10H2,1-2H3,(H2,22,28);;;;. The largest absolute Gasteiger partial charge is 0.508 e. The van der Waals surface area contributed by atoms with Crippen LogP contribution in [0.25, 0.3) is 45.6 Å². The number of rotatable bonds is 18. The Labute approximate surface area is 741 Å². The third kappa shape index (κ3) is 22.4. The molecule has 0 saturated heterocycles. The summed E-state index contributed by atoms with van der Waals surface area (Å²) in [4.78, 5) is 206. The maximum absolute atomic E-state index is 12.9. The summed E-state index contributed by atoms with van der Waals surface area (Å²) in [6.07, 6.45) is 6.79. The van der Waals surface area contributed by atoms with Crippen molar-refractivity contribution in [3.05, 3.63) is 259 Å². The highest BCUT2D eigenvalue weighted by molar-refractivity contribution is 6.13. The maximum Gasteiger partial charge on any atom is 0.373 e. The molecule has 0 fully saturated rings. The number of nitrogens with two attached hydrogens (primary N) is 4. The molecule has 36 heteroatoms. The van der Waals surface area contributed by atoms with Crippen molar-refractivity contribution in [2.24, 2.45) is 22.9 Å². The zero-order valence-electron chi connectivity index (χ0n) is 71.2. The number of amides is 8.